The molecule has 6 nitrogen and oxygen atoms in total. The number of H-pyrrole nitrogens is 1. The predicted octanol–water partition coefficient (Wildman–Crippen LogP) is 2.99. The average Bonchev–Trinajstić information content (AvgIpc) is 3.22. The van der Waals surface area contributed by atoms with Crippen LogP contribution in [0.2, 0.25) is 0 Å². The molecule has 1 N–H and O–H groups in total. The second kappa shape index (κ2) is 6.61. The van der Waals surface area contributed by atoms with Crippen molar-refractivity contribution in [2.45, 2.75) is 32.4 Å². The van der Waals surface area contributed by atoms with Gasteiger partial charge in [-0.25, -0.2) is 4.98 Å². The van der Waals surface area contributed by atoms with Gasteiger partial charge in [0.05, 0.1) is 6.61 Å². The van der Waals surface area contributed by atoms with Gasteiger partial charge in [-0.15, -0.1) is 0 Å². The molecule has 0 aliphatic carbocycles. The Bertz CT molecular complexity index is 866. The lowest BCUT2D eigenvalue weighted by Crippen LogP contribution is -2.38. The third-order valence-electron chi connectivity index (χ3n) is 4.87. The monoisotopic (exact) mass is 339 g/mol. The number of hydrogen-bond donors (Lipinski definition) is 1. The minimum absolute atomic E-state index is 0.0382. The number of aromatic amines is 1. The highest BCUT2D eigenvalue weighted by Gasteiger charge is 2.26. The number of rotatable bonds is 4. The molecule has 0 spiro atoms. The number of para-hydroxylation sites is 1. The number of benzene rings is 1. The number of aryl methyl sites for hydroxylation is 1. The Balaban J connectivity index is 1.51. The first-order valence-corrected chi connectivity index (χ1v) is 8.91. The number of fused-ring (bicyclic) bond motifs is 1. The first-order chi connectivity index (χ1) is 12.1. The number of nitrogens with zero attached hydrogens (tertiary/aromatic N) is 4. The van der Waals surface area contributed by atoms with E-state index in [4.69, 9.17) is 4.74 Å². The summed E-state index contributed by atoms with van der Waals surface area (Å²) >= 11 is 0. The van der Waals surface area contributed by atoms with E-state index in [1.165, 1.54) is 16.5 Å². The van der Waals surface area contributed by atoms with Crippen molar-refractivity contribution < 1.29 is 4.74 Å². The maximum absolute atomic E-state index is 5.94. The normalized spacial score (nSPS) is 19.1. The molecular formula is C19H25N5O. The van der Waals surface area contributed by atoms with E-state index in [-0.39, 0.29) is 6.10 Å². The van der Waals surface area contributed by atoms with Gasteiger partial charge >= 0.3 is 0 Å². The maximum Gasteiger partial charge on any atom is 0.155 e. The van der Waals surface area contributed by atoms with Crippen LogP contribution in [0.4, 0.5) is 0 Å². The average molecular weight is 339 g/mol. The Labute approximate surface area is 147 Å². The first-order valence-electron chi connectivity index (χ1n) is 8.91. The van der Waals surface area contributed by atoms with Crippen LogP contribution in [-0.4, -0.2) is 44.3 Å². The summed E-state index contributed by atoms with van der Waals surface area (Å²) in [7, 11) is 2.11. The third kappa shape index (κ3) is 3.19. The molecule has 1 atom stereocenters. The smallest absolute Gasteiger partial charge is 0.155 e. The fourth-order valence-corrected chi connectivity index (χ4v) is 3.49. The molecule has 132 valence electrons. The van der Waals surface area contributed by atoms with Gasteiger partial charge in [-0.2, -0.15) is 5.10 Å². The molecule has 6 heteroatoms. The molecule has 1 aliphatic heterocycles. The Hall–Kier alpha value is -2.18. The lowest BCUT2D eigenvalue weighted by Gasteiger charge is -2.31. The van der Waals surface area contributed by atoms with Gasteiger partial charge in [0.2, 0.25) is 0 Å². The van der Waals surface area contributed by atoms with Gasteiger partial charge in [0.15, 0.2) is 11.6 Å². The van der Waals surface area contributed by atoms with E-state index >= 15 is 0 Å². The number of aromatic nitrogens is 4. The molecule has 0 amide bonds. The van der Waals surface area contributed by atoms with Crippen LogP contribution in [0.15, 0.2) is 30.5 Å². The molecule has 3 heterocycles. The fourth-order valence-electron chi connectivity index (χ4n) is 3.49. The molecule has 1 fully saturated rings. The molecule has 1 saturated heterocycles. The molecule has 0 bridgehead atoms. The van der Waals surface area contributed by atoms with Crippen molar-refractivity contribution in [1.82, 2.24) is 24.6 Å². The standard InChI is InChI=1S/C19H25N5O/c1-13(2)18-20-19(22-21-18)17-12-24(8-9-25-17)11-14-10-23(3)16-7-5-4-6-15(14)16/h4-7,10,13,17H,8-9,11-12H2,1-3H3,(H,20,21,22). The van der Waals surface area contributed by atoms with Gasteiger partial charge in [0.25, 0.3) is 0 Å². The summed E-state index contributed by atoms with van der Waals surface area (Å²) in [5, 5.41) is 8.69. The van der Waals surface area contributed by atoms with Crippen LogP contribution in [0.1, 0.15) is 43.1 Å². The van der Waals surface area contributed by atoms with Crippen molar-refractivity contribution in [3.05, 3.63) is 47.7 Å². The van der Waals surface area contributed by atoms with Crippen LogP contribution in [0, 0.1) is 0 Å². The number of morpholine rings is 1. The quantitative estimate of drug-likeness (QED) is 0.794. The zero-order valence-electron chi connectivity index (χ0n) is 15.1. The van der Waals surface area contributed by atoms with Gasteiger partial charge in [0.1, 0.15) is 6.10 Å². The van der Waals surface area contributed by atoms with Gasteiger partial charge in [-0.3, -0.25) is 10.00 Å². The molecule has 0 radical (unpaired) electrons. The van der Waals surface area contributed by atoms with Crippen molar-refractivity contribution in [1.29, 1.82) is 0 Å². The van der Waals surface area contributed by atoms with Crippen LogP contribution in [0.25, 0.3) is 10.9 Å². The molecule has 1 aromatic carbocycles. The second-order valence-corrected chi connectivity index (χ2v) is 7.11. The number of ether oxygens (including phenoxy) is 1. The maximum atomic E-state index is 5.94. The summed E-state index contributed by atoms with van der Waals surface area (Å²) < 4.78 is 8.14. The van der Waals surface area contributed by atoms with E-state index in [1.54, 1.807) is 0 Å². The van der Waals surface area contributed by atoms with Gasteiger partial charge < -0.3 is 9.30 Å². The highest BCUT2D eigenvalue weighted by Crippen LogP contribution is 2.25. The molecule has 4 rings (SSSR count). The Kier molecular flexibility index (Phi) is 4.31. The Morgan fingerprint density at radius 2 is 2.16 bits per heavy atom. The zero-order valence-corrected chi connectivity index (χ0v) is 15.1. The Morgan fingerprint density at radius 3 is 2.96 bits per heavy atom. The fraction of sp³-hybridized carbons (Fsp3) is 0.474. The zero-order chi connectivity index (χ0) is 17.4. The first kappa shape index (κ1) is 16.3. The molecule has 25 heavy (non-hydrogen) atoms. The SMILES string of the molecule is CC(C)c1n[nH]c(C2CN(Cc3cn(C)c4ccccc34)CCO2)n1. The molecular weight excluding hydrogens is 314 g/mol. The lowest BCUT2D eigenvalue weighted by atomic mass is 10.1. The summed E-state index contributed by atoms with van der Waals surface area (Å²) in [4.78, 5) is 7.04. The summed E-state index contributed by atoms with van der Waals surface area (Å²) in [5.74, 6) is 2.01. The molecule has 2 aromatic heterocycles. The minimum Gasteiger partial charge on any atom is -0.368 e. The summed E-state index contributed by atoms with van der Waals surface area (Å²) in [6, 6.07) is 8.57. The predicted molar refractivity (Wildman–Crippen MR) is 97.4 cm³/mol. The van der Waals surface area contributed by atoms with Crippen LogP contribution < -0.4 is 0 Å². The minimum atomic E-state index is -0.0382. The molecule has 1 unspecified atom stereocenters. The second-order valence-electron chi connectivity index (χ2n) is 7.11. The highest BCUT2D eigenvalue weighted by molar-refractivity contribution is 5.83. The van der Waals surface area contributed by atoms with E-state index in [2.05, 4.69) is 76.0 Å². The van der Waals surface area contributed by atoms with Crippen molar-refractivity contribution in [2.75, 3.05) is 19.7 Å². The van der Waals surface area contributed by atoms with Gasteiger partial charge in [-0.05, 0) is 11.6 Å². The Morgan fingerprint density at radius 1 is 1.32 bits per heavy atom. The van der Waals surface area contributed by atoms with Crippen molar-refractivity contribution in [2.24, 2.45) is 7.05 Å². The summed E-state index contributed by atoms with van der Waals surface area (Å²) in [5.41, 5.74) is 2.64. The molecule has 0 saturated carbocycles. The lowest BCUT2D eigenvalue weighted by molar-refractivity contribution is -0.0369. The largest absolute Gasteiger partial charge is 0.368 e. The van der Waals surface area contributed by atoms with E-state index in [9.17, 15) is 0 Å². The third-order valence-corrected chi connectivity index (χ3v) is 4.87. The van der Waals surface area contributed by atoms with Crippen LogP contribution in [0.5, 0.6) is 0 Å². The number of nitrogens with one attached hydrogen (secondary N) is 1. The summed E-state index contributed by atoms with van der Waals surface area (Å²) in [6.45, 7) is 7.60. The van der Waals surface area contributed by atoms with E-state index < -0.39 is 0 Å². The van der Waals surface area contributed by atoms with Gasteiger partial charge in [-0.1, -0.05) is 32.0 Å². The van der Waals surface area contributed by atoms with E-state index in [1.807, 2.05) is 0 Å². The van der Waals surface area contributed by atoms with Crippen molar-refractivity contribution in [3.63, 3.8) is 0 Å². The summed E-state index contributed by atoms with van der Waals surface area (Å²) in [6.07, 6.45) is 2.20. The van der Waals surface area contributed by atoms with Crippen LogP contribution in [-0.2, 0) is 18.3 Å². The van der Waals surface area contributed by atoms with Crippen molar-refractivity contribution >= 4 is 10.9 Å². The highest BCUT2D eigenvalue weighted by atomic mass is 16.5. The van der Waals surface area contributed by atoms with Crippen LogP contribution in [0.3, 0.4) is 0 Å². The van der Waals surface area contributed by atoms with E-state index in [0.29, 0.717) is 12.5 Å². The van der Waals surface area contributed by atoms with Gasteiger partial charge in [0, 0.05) is 49.7 Å². The van der Waals surface area contributed by atoms with Crippen molar-refractivity contribution in [3.8, 4) is 0 Å². The van der Waals surface area contributed by atoms with Crippen LogP contribution >= 0.6 is 0 Å². The topological polar surface area (TPSA) is 59.0 Å². The van der Waals surface area contributed by atoms with E-state index in [0.717, 1.165) is 31.3 Å². The molecule has 3 aromatic rings. The number of hydrogen-bond acceptors (Lipinski definition) is 4. The molecule has 1 aliphatic rings.